The summed E-state index contributed by atoms with van der Waals surface area (Å²) in [6.45, 7) is 1.98. The summed E-state index contributed by atoms with van der Waals surface area (Å²) in [5, 5.41) is 0.570. The summed E-state index contributed by atoms with van der Waals surface area (Å²) in [7, 11) is 0. The molecule has 90 valence electrons. The molecule has 0 heterocycles. The third kappa shape index (κ3) is 2.98. The van der Waals surface area contributed by atoms with Crippen LogP contribution in [-0.2, 0) is 0 Å². The zero-order valence-electron chi connectivity index (χ0n) is 10.1. The Morgan fingerprint density at radius 3 is 2.82 bits per heavy atom. The van der Waals surface area contributed by atoms with Crippen molar-refractivity contribution >= 4 is 17.4 Å². The summed E-state index contributed by atoms with van der Waals surface area (Å²) < 4.78 is 0. The minimum Gasteiger partial charge on any atom is -0.289 e. The van der Waals surface area contributed by atoms with Crippen molar-refractivity contribution in [1.29, 1.82) is 0 Å². The highest BCUT2D eigenvalue weighted by atomic mass is 35.5. The maximum absolute atomic E-state index is 12.3. The molecule has 0 unspecified atom stereocenters. The molecule has 0 aromatic heterocycles. The average molecular weight is 249 g/mol. The van der Waals surface area contributed by atoms with Crippen LogP contribution in [0.3, 0.4) is 0 Å². The molecule has 0 aliphatic heterocycles. The third-order valence-electron chi connectivity index (χ3n) is 3.20. The van der Waals surface area contributed by atoms with E-state index in [2.05, 4.69) is 6.08 Å². The molecule has 0 fully saturated rings. The number of aryl methyl sites for hydroxylation is 1. The summed E-state index contributed by atoms with van der Waals surface area (Å²) in [5.74, 6) is 0.108. The lowest BCUT2D eigenvalue weighted by Gasteiger charge is -2.07. The lowest BCUT2D eigenvalue weighted by Crippen LogP contribution is -2.04. The van der Waals surface area contributed by atoms with Gasteiger partial charge in [0.1, 0.15) is 0 Å². The van der Waals surface area contributed by atoms with Crippen LogP contribution >= 0.6 is 11.6 Å². The number of benzene rings is 1. The van der Waals surface area contributed by atoms with Crippen LogP contribution in [0.2, 0.25) is 5.02 Å². The first-order valence-corrected chi connectivity index (χ1v) is 6.56. The van der Waals surface area contributed by atoms with Crippen LogP contribution in [0.1, 0.15) is 48.0 Å². The lowest BCUT2D eigenvalue weighted by atomic mass is 9.99. The molecule has 1 aliphatic carbocycles. The van der Waals surface area contributed by atoms with Crippen LogP contribution in [0.25, 0.3) is 0 Å². The molecule has 0 bridgehead atoms. The topological polar surface area (TPSA) is 17.1 Å². The monoisotopic (exact) mass is 248 g/mol. The van der Waals surface area contributed by atoms with Crippen molar-refractivity contribution in [3.05, 3.63) is 46.0 Å². The first-order chi connectivity index (χ1) is 8.18. The van der Waals surface area contributed by atoms with Gasteiger partial charge in [0.15, 0.2) is 5.78 Å². The molecular weight excluding hydrogens is 232 g/mol. The van der Waals surface area contributed by atoms with Crippen molar-refractivity contribution in [2.45, 2.75) is 39.0 Å². The number of rotatable bonds is 2. The van der Waals surface area contributed by atoms with Crippen molar-refractivity contribution in [3.8, 4) is 0 Å². The van der Waals surface area contributed by atoms with Gasteiger partial charge in [0.25, 0.3) is 0 Å². The predicted octanol–water partition coefficient (Wildman–Crippen LogP) is 4.72. The summed E-state index contributed by atoms with van der Waals surface area (Å²) in [5.41, 5.74) is 2.67. The van der Waals surface area contributed by atoms with Gasteiger partial charge in [-0.3, -0.25) is 4.79 Å². The molecule has 2 heteroatoms. The molecule has 0 spiro atoms. The Labute approximate surface area is 107 Å². The molecule has 0 saturated heterocycles. The predicted molar refractivity (Wildman–Crippen MR) is 71.7 cm³/mol. The van der Waals surface area contributed by atoms with Gasteiger partial charge in [0.2, 0.25) is 0 Å². The molecule has 1 aromatic carbocycles. The maximum atomic E-state index is 12.3. The summed E-state index contributed by atoms with van der Waals surface area (Å²) >= 11 is 6.14. The molecule has 17 heavy (non-hydrogen) atoms. The van der Waals surface area contributed by atoms with Crippen molar-refractivity contribution in [2.24, 2.45) is 0 Å². The van der Waals surface area contributed by atoms with Gasteiger partial charge in [-0.25, -0.2) is 0 Å². The highest BCUT2D eigenvalue weighted by Crippen LogP contribution is 2.25. The highest BCUT2D eigenvalue weighted by Gasteiger charge is 2.16. The van der Waals surface area contributed by atoms with Gasteiger partial charge in [-0.1, -0.05) is 30.2 Å². The molecule has 1 nitrogen and oxygen atoms in total. The number of Topliss-reactive ketones (excluding diaryl/α,β-unsaturated/α-hetero) is 1. The van der Waals surface area contributed by atoms with E-state index in [0.29, 0.717) is 10.6 Å². The van der Waals surface area contributed by atoms with Crippen molar-refractivity contribution in [3.63, 3.8) is 0 Å². The molecule has 0 radical (unpaired) electrons. The van der Waals surface area contributed by atoms with Gasteiger partial charge >= 0.3 is 0 Å². The van der Waals surface area contributed by atoms with Gasteiger partial charge < -0.3 is 0 Å². The van der Waals surface area contributed by atoms with Gasteiger partial charge in [-0.15, -0.1) is 0 Å². The molecule has 0 N–H and O–H groups in total. The Morgan fingerprint density at radius 2 is 2.06 bits per heavy atom. The van der Waals surface area contributed by atoms with Crippen LogP contribution < -0.4 is 0 Å². The minimum absolute atomic E-state index is 0.108. The van der Waals surface area contributed by atoms with Crippen molar-refractivity contribution in [1.82, 2.24) is 0 Å². The van der Waals surface area contributed by atoms with Crippen LogP contribution in [-0.4, -0.2) is 5.78 Å². The first kappa shape index (κ1) is 12.4. The number of hydrogen-bond acceptors (Lipinski definition) is 1. The van der Waals surface area contributed by atoms with Gasteiger partial charge in [-0.05, 0) is 55.9 Å². The second kappa shape index (κ2) is 5.50. The van der Waals surface area contributed by atoms with E-state index in [1.807, 2.05) is 25.1 Å². The van der Waals surface area contributed by atoms with Gasteiger partial charge in [0, 0.05) is 5.56 Å². The maximum Gasteiger partial charge on any atom is 0.190 e. The highest BCUT2D eigenvalue weighted by molar-refractivity contribution is 6.35. The molecule has 0 amide bonds. The zero-order valence-corrected chi connectivity index (χ0v) is 10.9. The summed E-state index contributed by atoms with van der Waals surface area (Å²) in [4.78, 5) is 12.3. The lowest BCUT2D eigenvalue weighted by molar-refractivity contribution is 0.103. The SMILES string of the molecule is Cc1ccc(C(=O)C2=CCCCCC2)c(Cl)c1. The van der Waals surface area contributed by atoms with E-state index in [-0.39, 0.29) is 5.78 Å². The summed E-state index contributed by atoms with van der Waals surface area (Å²) in [6, 6.07) is 5.63. The van der Waals surface area contributed by atoms with E-state index < -0.39 is 0 Å². The quantitative estimate of drug-likeness (QED) is 0.692. The fourth-order valence-electron chi connectivity index (χ4n) is 2.20. The van der Waals surface area contributed by atoms with E-state index in [0.717, 1.165) is 30.4 Å². The van der Waals surface area contributed by atoms with Crippen LogP contribution in [0.4, 0.5) is 0 Å². The number of allylic oxidation sites excluding steroid dienone is 2. The van der Waals surface area contributed by atoms with Gasteiger partial charge in [-0.2, -0.15) is 0 Å². The normalized spacial score (nSPS) is 16.2. The Balaban J connectivity index is 2.27. The zero-order chi connectivity index (χ0) is 12.3. The molecule has 0 atom stereocenters. The van der Waals surface area contributed by atoms with E-state index >= 15 is 0 Å². The van der Waals surface area contributed by atoms with Gasteiger partial charge in [0.05, 0.1) is 5.02 Å². The minimum atomic E-state index is 0.108. The standard InChI is InChI=1S/C15H17ClO/c1-11-8-9-13(14(16)10-11)15(17)12-6-4-2-3-5-7-12/h6,8-10H,2-5,7H2,1H3. The number of ketones is 1. The number of halogens is 1. The third-order valence-corrected chi connectivity index (χ3v) is 3.51. The molecule has 1 aromatic rings. The average Bonchev–Trinajstić information content (AvgIpc) is 2.56. The number of carbonyl (C=O) groups excluding carboxylic acids is 1. The Kier molecular flexibility index (Phi) is 4.01. The largest absolute Gasteiger partial charge is 0.289 e. The summed E-state index contributed by atoms with van der Waals surface area (Å²) in [6.07, 6.45) is 7.52. The fourth-order valence-corrected chi connectivity index (χ4v) is 2.52. The number of hydrogen-bond donors (Lipinski definition) is 0. The molecule has 0 saturated carbocycles. The van der Waals surface area contributed by atoms with Crippen molar-refractivity contribution < 1.29 is 4.79 Å². The first-order valence-electron chi connectivity index (χ1n) is 6.18. The van der Waals surface area contributed by atoms with E-state index in [1.54, 1.807) is 0 Å². The van der Waals surface area contributed by atoms with Crippen LogP contribution in [0.5, 0.6) is 0 Å². The Bertz CT molecular complexity index is 460. The second-order valence-electron chi connectivity index (χ2n) is 4.64. The van der Waals surface area contributed by atoms with Crippen LogP contribution in [0, 0.1) is 6.92 Å². The van der Waals surface area contributed by atoms with Crippen molar-refractivity contribution in [2.75, 3.05) is 0 Å². The van der Waals surface area contributed by atoms with E-state index in [9.17, 15) is 4.79 Å². The molecular formula is C15H17ClO. The molecule has 1 aliphatic rings. The Morgan fingerprint density at radius 1 is 1.24 bits per heavy atom. The molecule has 2 rings (SSSR count). The van der Waals surface area contributed by atoms with E-state index in [1.165, 1.54) is 12.8 Å². The Hall–Kier alpha value is -1.08. The van der Waals surface area contributed by atoms with Crippen LogP contribution in [0.15, 0.2) is 29.8 Å². The number of carbonyl (C=O) groups is 1. The van der Waals surface area contributed by atoms with E-state index in [4.69, 9.17) is 11.6 Å². The second-order valence-corrected chi connectivity index (χ2v) is 5.05. The smallest absolute Gasteiger partial charge is 0.190 e. The fraction of sp³-hybridized carbons (Fsp3) is 0.400.